The topological polar surface area (TPSA) is 58.6 Å². The Morgan fingerprint density at radius 1 is 1.47 bits per heavy atom. The third-order valence-corrected chi connectivity index (χ3v) is 3.92. The number of aliphatic hydroxyl groups excluding tert-OH is 1. The Balaban J connectivity index is 1.70. The fourth-order valence-corrected chi connectivity index (χ4v) is 2.35. The number of halogens is 1. The van der Waals surface area contributed by atoms with E-state index in [0.29, 0.717) is 12.3 Å². The largest absolute Gasteiger partial charge is 0.484 e. The van der Waals surface area contributed by atoms with Crippen molar-refractivity contribution < 1.29 is 14.6 Å². The van der Waals surface area contributed by atoms with E-state index in [1.54, 1.807) is 0 Å². The van der Waals surface area contributed by atoms with Crippen LogP contribution in [0.5, 0.6) is 5.75 Å². The van der Waals surface area contributed by atoms with Gasteiger partial charge in [-0.15, -0.1) is 0 Å². The molecule has 0 saturated heterocycles. The molecule has 1 amide bonds. The summed E-state index contributed by atoms with van der Waals surface area (Å²) in [6.07, 6.45) is 2.93. The maximum absolute atomic E-state index is 11.7. The van der Waals surface area contributed by atoms with E-state index in [0.717, 1.165) is 23.7 Å². The molecular weight excluding hydrogens is 310 g/mol. The van der Waals surface area contributed by atoms with Gasteiger partial charge in [-0.2, -0.15) is 0 Å². The molecule has 104 valence electrons. The van der Waals surface area contributed by atoms with E-state index in [-0.39, 0.29) is 24.5 Å². The first-order chi connectivity index (χ1) is 9.13. The molecule has 1 aliphatic rings. The number of amides is 1. The normalized spacial score (nSPS) is 15.9. The summed E-state index contributed by atoms with van der Waals surface area (Å²) in [5.41, 5.74) is 0.139. The van der Waals surface area contributed by atoms with Crippen LogP contribution in [0.15, 0.2) is 28.7 Å². The molecule has 0 bridgehead atoms. The van der Waals surface area contributed by atoms with Crippen LogP contribution in [0.2, 0.25) is 0 Å². The lowest BCUT2D eigenvalue weighted by molar-refractivity contribution is -0.123. The highest BCUT2D eigenvalue weighted by molar-refractivity contribution is 9.10. The molecule has 0 unspecified atom stereocenters. The molecule has 1 aromatic carbocycles. The Hall–Kier alpha value is -1.07. The van der Waals surface area contributed by atoms with Crippen LogP contribution in [0, 0.1) is 5.41 Å². The molecule has 2 N–H and O–H groups in total. The third-order valence-electron chi connectivity index (χ3n) is 3.43. The van der Waals surface area contributed by atoms with Gasteiger partial charge in [0, 0.05) is 17.6 Å². The zero-order valence-electron chi connectivity index (χ0n) is 10.7. The number of aliphatic hydroxyl groups is 1. The molecule has 0 aliphatic heterocycles. The van der Waals surface area contributed by atoms with Crippen LogP contribution in [0.4, 0.5) is 0 Å². The Bertz CT molecular complexity index is 446. The summed E-state index contributed by atoms with van der Waals surface area (Å²) < 4.78 is 6.32. The minimum atomic E-state index is -0.121. The van der Waals surface area contributed by atoms with Crippen molar-refractivity contribution in [3.63, 3.8) is 0 Å². The van der Waals surface area contributed by atoms with Gasteiger partial charge in [0.05, 0.1) is 0 Å². The highest BCUT2D eigenvalue weighted by atomic mass is 79.9. The third kappa shape index (κ3) is 4.51. The summed E-state index contributed by atoms with van der Waals surface area (Å²) in [6, 6.07) is 7.39. The number of hydrogen-bond donors (Lipinski definition) is 2. The number of carbonyl (C=O) groups is 1. The smallest absolute Gasteiger partial charge is 0.257 e. The van der Waals surface area contributed by atoms with Gasteiger partial charge in [0.2, 0.25) is 0 Å². The van der Waals surface area contributed by atoms with Crippen LogP contribution in [-0.4, -0.2) is 30.8 Å². The maximum Gasteiger partial charge on any atom is 0.257 e. The van der Waals surface area contributed by atoms with E-state index in [1.807, 2.05) is 24.3 Å². The standard InChI is InChI=1S/C14H18BrNO3/c15-11-2-1-3-12(8-11)19-9-13(18)16-10-14(4-5-14)6-7-17/h1-3,8,17H,4-7,9-10H2,(H,16,18). The van der Waals surface area contributed by atoms with Crippen molar-refractivity contribution in [3.8, 4) is 5.75 Å². The Labute approximate surface area is 121 Å². The monoisotopic (exact) mass is 327 g/mol. The zero-order valence-corrected chi connectivity index (χ0v) is 12.3. The van der Waals surface area contributed by atoms with E-state index in [2.05, 4.69) is 21.2 Å². The van der Waals surface area contributed by atoms with E-state index in [1.165, 1.54) is 0 Å². The number of benzene rings is 1. The fourth-order valence-electron chi connectivity index (χ4n) is 1.97. The molecular formula is C14H18BrNO3. The fraction of sp³-hybridized carbons (Fsp3) is 0.500. The van der Waals surface area contributed by atoms with Crippen LogP contribution in [0.25, 0.3) is 0 Å². The number of carbonyl (C=O) groups excluding carboxylic acids is 1. The van der Waals surface area contributed by atoms with Crippen molar-refractivity contribution in [1.82, 2.24) is 5.32 Å². The highest BCUT2D eigenvalue weighted by Crippen LogP contribution is 2.47. The first-order valence-electron chi connectivity index (χ1n) is 6.39. The number of nitrogens with one attached hydrogen (secondary N) is 1. The molecule has 0 radical (unpaired) electrons. The molecule has 1 aromatic rings. The van der Waals surface area contributed by atoms with Crippen molar-refractivity contribution in [2.75, 3.05) is 19.8 Å². The van der Waals surface area contributed by atoms with Gasteiger partial charge in [0.15, 0.2) is 6.61 Å². The molecule has 0 atom stereocenters. The molecule has 19 heavy (non-hydrogen) atoms. The second-order valence-electron chi connectivity index (χ2n) is 5.00. The van der Waals surface area contributed by atoms with Gasteiger partial charge in [-0.05, 0) is 42.9 Å². The average Bonchev–Trinajstić information content (AvgIpc) is 3.15. The Morgan fingerprint density at radius 2 is 2.26 bits per heavy atom. The van der Waals surface area contributed by atoms with Crippen molar-refractivity contribution in [1.29, 1.82) is 0 Å². The molecule has 0 aromatic heterocycles. The molecule has 1 fully saturated rings. The minimum Gasteiger partial charge on any atom is -0.484 e. The van der Waals surface area contributed by atoms with E-state index < -0.39 is 0 Å². The van der Waals surface area contributed by atoms with E-state index >= 15 is 0 Å². The van der Waals surface area contributed by atoms with Crippen molar-refractivity contribution in [3.05, 3.63) is 28.7 Å². The number of hydrogen-bond acceptors (Lipinski definition) is 3. The quantitative estimate of drug-likeness (QED) is 0.806. The summed E-state index contributed by atoms with van der Waals surface area (Å²) in [5, 5.41) is 11.8. The lowest BCUT2D eigenvalue weighted by Crippen LogP contribution is -2.34. The molecule has 4 nitrogen and oxygen atoms in total. The van der Waals surface area contributed by atoms with Gasteiger partial charge < -0.3 is 15.2 Å². The summed E-state index contributed by atoms with van der Waals surface area (Å²) in [4.78, 5) is 11.7. The SMILES string of the molecule is O=C(COc1cccc(Br)c1)NCC1(CCO)CC1. The van der Waals surface area contributed by atoms with Crippen LogP contribution < -0.4 is 10.1 Å². The van der Waals surface area contributed by atoms with Crippen LogP contribution >= 0.6 is 15.9 Å². The van der Waals surface area contributed by atoms with Gasteiger partial charge in [0.1, 0.15) is 5.75 Å². The van der Waals surface area contributed by atoms with E-state index in [9.17, 15) is 4.79 Å². The van der Waals surface area contributed by atoms with Gasteiger partial charge in [-0.3, -0.25) is 4.79 Å². The van der Waals surface area contributed by atoms with Gasteiger partial charge in [0.25, 0.3) is 5.91 Å². The van der Waals surface area contributed by atoms with E-state index in [4.69, 9.17) is 9.84 Å². The second-order valence-corrected chi connectivity index (χ2v) is 5.91. The second kappa shape index (κ2) is 6.39. The number of rotatable bonds is 7. The number of ether oxygens (including phenoxy) is 1. The predicted molar refractivity (Wildman–Crippen MR) is 76.0 cm³/mol. The summed E-state index contributed by atoms with van der Waals surface area (Å²) in [7, 11) is 0. The predicted octanol–water partition coefficient (Wildman–Crippen LogP) is 2.11. The Kier molecular flexibility index (Phi) is 4.82. The summed E-state index contributed by atoms with van der Waals surface area (Å²) in [6.45, 7) is 0.838. The molecule has 1 aliphatic carbocycles. The first kappa shape index (κ1) is 14.3. The lowest BCUT2D eigenvalue weighted by atomic mass is 10.0. The summed E-state index contributed by atoms with van der Waals surface area (Å²) >= 11 is 3.35. The van der Waals surface area contributed by atoms with Crippen LogP contribution in [0.3, 0.4) is 0 Å². The van der Waals surface area contributed by atoms with Crippen molar-refractivity contribution >= 4 is 21.8 Å². The van der Waals surface area contributed by atoms with Crippen molar-refractivity contribution in [2.45, 2.75) is 19.3 Å². The highest BCUT2D eigenvalue weighted by Gasteiger charge is 2.41. The van der Waals surface area contributed by atoms with Gasteiger partial charge in [-0.1, -0.05) is 22.0 Å². The lowest BCUT2D eigenvalue weighted by Gasteiger charge is -2.14. The zero-order chi connectivity index (χ0) is 13.7. The van der Waals surface area contributed by atoms with Crippen LogP contribution in [-0.2, 0) is 4.79 Å². The van der Waals surface area contributed by atoms with Crippen LogP contribution in [0.1, 0.15) is 19.3 Å². The van der Waals surface area contributed by atoms with Crippen molar-refractivity contribution in [2.24, 2.45) is 5.41 Å². The molecule has 0 spiro atoms. The molecule has 0 heterocycles. The minimum absolute atomic E-state index is 0.0195. The maximum atomic E-state index is 11.7. The van der Waals surface area contributed by atoms with Gasteiger partial charge in [-0.25, -0.2) is 0 Å². The Morgan fingerprint density at radius 3 is 2.89 bits per heavy atom. The molecule has 2 rings (SSSR count). The molecule has 5 heteroatoms. The van der Waals surface area contributed by atoms with Gasteiger partial charge >= 0.3 is 0 Å². The first-order valence-corrected chi connectivity index (χ1v) is 7.19. The average molecular weight is 328 g/mol. The summed E-state index contributed by atoms with van der Waals surface area (Å²) in [5.74, 6) is 0.546. The molecule has 1 saturated carbocycles.